The standard InChI is InChI=1S/C13H16F2O/c1-13(6-2-3-7-13)12(16)10-8-9(14)4-5-11(10)15/h4-5,8,12,16H,2-3,6-7H2,1H3. The molecule has 1 aromatic rings. The molecule has 1 saturated carbocycles. The maximum Gasteiger partial charge on any atom is 0.129 e. The van der Waals surface area contributed by atoms with Crippen molar-refractivity contribution in [1.29, 1.82) is 0 Å². The molecule has 0 bridgehead atoms. The van der Waals surface area contributed by atoms with Gasteiger partial charge < -0.3 is 5.11 Å². The van der Waals surface area contributed by atoms with Crippen LogP contribution in [0.25, 0.3) is 0 Å². The van der Waals surface area contributed by atoms with Crippen molar-refractivity contribution in [2.45, 2.75) is 38.7 Å². The number of aliphatic hydroxyl groups is 1. The number of hydrogen-bond donors (Lipinski definition) is 1. The summed E-state index contributed by atoms with van der Waals surface area (Å²) in [6.45, 7) is 1.94. The summed E-state index contributed by atoms with van der Waals surface area (Å²) >= 11 is 0. The van der Waals surface area contributed by atoms with Crippen LogP contribution in [-0.4, -0.2) is 5.11 Å². The van der Waals surface area contributed by atoms with E-state index in [9.17, 15) is 13.9 Å². The van der Waals surface area contributed by atoms with Crippen LogP contribution in [0.5, 0.6) is 0 Å². The van der Waals surface area contributed by atoms with Gasteiger partial charge in [-0.2, -0.15) is 0 Å². The molecular formula is C13H16F2O. The number of rotatable bonds is 2. The van der Waals surface area contributed by atoms with Gasteiger partial charge in [0.2, 0.25) is 0 Å². The first-order valence-corrected chi connectivity index (χ1v) is 5.66. The molecule has 1 nitrogen and oxygen atoms in total. The van der Waals surface area contributed by atoms with Crippen LogP contribution in [0.4, 0.5) is 8.78 Å². The Kier molecular flexibility index (Phi) is 2.98. The average molecular weight is 226 g/mol. The Bertz CT molecular complexity index is 384. The normalized spacial score (nSPS) is 21.0. The minimum Gasteiger partial charge on any atom is -0.388 e. The van der Waals surface area contributed by atoms with Crippen LogP contribution in [0, 0.1) is 17.0 Å². The average Bonchev–Trinajstić information content (AvgIpc) is 2.69. The molecular weight excluding hydrogens is 210 g/mol. The molecule has 0 radical (unpaired) electrons. The second kappa shape index (κ2) is 4.13. The van der Waals surface area contributed by atoms with E-state index in [1.807, 2.05) is 6.92 Å². The first kappa shape index (κ1) is 11.5. The molecule has 1 aliphatic rings. The Hall–Kier alpha value is -0.960. The number of hydrogen-bond acceptors (Lipinski definition) is 1. The van der Waals surface area contributed by atoms with Gasteiger partial charge >= 0.3 is 0 Å². The fourth-order valence-corrected chi connectivity index (χ4v) is 2.56. The maximum atomic E-state index is 13.5. The van der Waals surface area contributed by atoms with Gasteiger partial charge in [0, 0.05) is 5.56 Å². The van der Waals surface area contributed by atoms with Gasteiger partial charge in [-0.05, 0) is 36.5 Å². The maximum absolute atomic E-state index is 13.5. The van der Waals surface area contributed by atoms with E-state index in [-0.39, 0.29) is 11.0 Å². The molecule has 3 heteroatoms. The van der Waals surface area contributed by atoms with Crippen molar-refractivity contribution >= 4 is 0 Å². The lowest BCUT2D eigenvalue weighted by Gasteiger charge is -2.30. The van der Waals surface area contributed by atoms with Crippen molar-refractivity contribution < 1.29 is 13.9 Å². The van der Waals surface area contributed by atoms with Crippen molar-refractivity contribution in [1.82, 2.24) is 0 Å². The fourth-order valence-electron chi connectivity index (χ4n) is 2.56. The van der Waals surface area contributed by atoms with E-state index in [0.29, 0.717) is 0 Å². The molecule has 16 heavy (non-hydrogen) atoms. The van der Waals surface area contributed by atoms with Crippen molar-refractivity contribution in [3.05, 3.63) is 35.4 Å². The highest BCUT2D eigenvalue weighted by Gasteiger charge is 2.38. The Morgan fingerprint density at radius 1 is 1.25 bits per heavy atom. The topological polar surface area (TPSA) is 20.2 Å². The van der Waals surface area contributed by atoms with E-state index in [2.05, 4.69) is 0 Å². The number of aliphatic hydroxyl groups excluding tert-OH is 1. The van der Waals surface area contributed by atoms with Gasteiger partial charge in [0.15, 0.2) is 0 Å². The zero-order chi connectivity index (χ0) is 11.8. The molecule has 2 rings (SSSR count). The van der Waals surface area contributed by atoms with Crippen LogP contribution >= 0.6 is 0 Å². The van der Waals surface area contributed by atoms with Gasteiger partial charge in [0.1, 0.15) is 11.6 Å². The van der Waals surface area contributed by atoms with Crippen LogP contribution in [0.1, 0.15) is 44.3 Å². The molecule has 0 heterocycles. The van der Waals surface area contributed by atoms with Crippen LogP contribution < -0.4 is 0 Å². The van der Waals surface area contributed by atoms with Gasteiger partial charge in [-0.3, -0.25) is 0 Å². The largest absolute Gasteiger partial charge is 0.388 e. The monoisotopic (exact) mass is 226 g/mol. The summed E-state index contributed by atoms with van der Waals surface area (Å²) < 4.78 is 26.6. The van der Waals surface area contributed by atoms with Crippen molar-refractivity contribution in [3.8, 4) is 0 Å². The summed E-state index contributed by atoms with van der Waals surface area (Å²) in [5.41, 5.74) is -0.223. The van der Waals surface area contributed by atoms with Gasteiger partial charge in [-0.1, -0.05) is 19.8 Å². The fraction of sp³-hybridized carbons (Fsp3) is 0.538. The third-order valence-electron chi connectivity index (χ3n) is 3.66. The highest BCUT2D eigenvalue weighted by Crippen LogP contribution is 2.47. The highest BCUT2D eigenvalue weighted by molar-refractivity contribution is 5.23. The van der Waals surface area contributed by atoms with Crippen molar-refractivity contribution in [3.63, 3.8) is 0 Å². The summed E-state index contributed by atoms with van der Waals surface area (Å²) in [7, 11) is 0. The molecule has 1 aromatic carbocycles. The van der Waals surface area contributed by atoms with Crippen molar-refractivity contribution in [2.75, 3.05) is 0 Å². The van der Waals surface area contributed by atoms with Gasteiger partial charge in [0.05, 0.1) is 6.10 Å². The van der Waals surface area contributed by atoms with E-state index in [4.69, 9.17) is 0 Å². The second-order valence-corrected chi connectivity index (χ2v) is 4.93. The van der Waals surface area contributed by atoms with Crippen LogP contribution in [0.15, 0.2) is 18.2 Å². The van der Waals surface area contributed by atoms with E-state index >= 15 is 0 Å². The van der Waals surface area contributed by atoms with E-state index in [1.165, 1.54) is 0 Å². The minimum absolute atomic E-state index is 0.0874. The van der Waals surface area contributed by atoms with Crippen LogP contribution in [0.2, 0.25) is 0 Å². The SMILES string of the molecule is CC1(C(O)c2cc(F)ccc2F)CCCC1. The number of halogens is 2. The molecule has 88 valence electrons. The zero-order valence-electron chi connectivity index (χ0n) is 9.34. The predicted molar refractivity (Wildman–Crippen MR) is 57.9 cm³/mol. The minimum atomic E-state index is -0.911. The summed E-state index contributed by atoms with van der Waals surface area (Å²) in [4.78, 5) is 0. The third-order valence-corrected chi connectivity index (χ3v) is 3.66. The first-order chi connectivity index (χ1) is 7.53. The quantitative estimate of drug-likeness (QED) is 0.817. The number of benzene rings is 1. The first-order valence-electron chi connectivity index (χ1n) is 5.66. The lowest BCUT2D eigenvalue weighted by molar-refractivity contribution is 0.0377. The molecule has 0 aliphatic heterocycles. The summed E-state index contributed by atoms with van der Waals surface area (Å²) in [6, 6.07) is 3.25. The Morgan fingerprint density at radius 2 is 1.88 bits per heavy atom. The molecule has 1 N–H and O–H groups in total. The molecule has 1 unspecified atom stereocenters. The summed E-state index contributed by atoms with van der Waals surface area (Å²) in [5.74, 6) is -1.03. The van der Waals surface area contributed by atoms with E-state index < -0.39 is 17.7 Å². The summed E-state index contributed by atoms with van der Waals surface area (Å²) in [5, 5.41) is 10.2. The highest BCUT2D eigenvalue weighted by atomic mass is 19.1. The molecule has 0 aromatic heterocycles. The molecule has 1 fully saturated rings. The van der Waals surface area contributed by atoms with Gasteiger partial charge in [0.25, 0.3) is 0 Å². The second-order valence-electron chi connectivity index (χ2n) is 4.93. The van der Waals surface area contributed by atoms with Gasteiger partial charge in [-0.25, -0.2) is 8.78 Å². The third kappa shape index (κ3) is 1.96. The smallest absolute Gasteiger partial charge is 0.129 e. The van der Waals surface area contributed by atoms with Crippen LogP contribution in [0.3, 0.4) is 0 Å². The van der Waals surface area contributed by atoms with E-state index in [0.717, 1.165) is 43.9 Å². The molecule has 1 atom stereocenters. The Balaban J connectivity index is 2.32. The Morgan fingerprint density at radius 3 is 2.50 bits per heavy atom. The molecule has 0 saturated heterocycles. The van der Waals surface area contributed by atoms with Crippen LogP contribution in [-0.2, 0) is 0 Å². The molecule has 0 spiro atoms. The lowest BCUT2D eigenvalue weighted by Crippen LogP contribution is -2.23. The molecule has 0 amide bonds. The van der Waals surface area contributed by atoms with Crippen molar-refractivity contribution in [2.24, 2.45) is 5.41 Å². The predicted octanol–water partition coefficient (Wildman–Crippen LogP) is 3.58. The van der Waals surface area contributed by atoms with Gasteiger partial charge in [-0.15, -0.1) is 0 Å². The Labute approximate surface area is 94.1 Å². The summed E-state index contributed by atoms with van der Waals surface area (Å²) in [6.07, 6.45) is 2.91. The van der Waals surface area contributed by atoms with E-state index in [1.54, 1.807) is 0 Å². The lowest BCUT2D eigenvalue weighted by atomic mass is 9.79. The molecule has 1 aliphatic carbocycles. The zero-order valence-corrected chi connectivity index (χ0v) is 9.34.